The van der Waals surface area contributed by atoms with Crippen LogP contribution < -0.4 is 10.6 Å². The summed E-state index contributed by atoms with van der Waals surface area (Å²) in [4.78, 5) is 0. The van der Waals surface area contributed by atoms with Crippen molar-refractivity contribution in [2.45, 2.75) is 64.0 Å². The highest BCUT2D eigenvalue weighted by atomic mass is 15.1. The first-order valence-corrected chi connectivity index (χ1v) is 8.03. The molecule has 0 aromatic carbocycles. The maximum absolute atomic E-state index is 3.99. The fraction of sp³-hybridized carbons (Fsp3) is 1.00. The van der Waals surface area contributed by atoms with Gasteiger partial charge < -0.3 is 10.6 Å². The zero-order valence-electron chi connectivity index (χ0n) is 12.0. The average molecular weight is 248 g/mol. The molecule has 0 spiro atoms. The van der Waals surface area contributed by atoms with Gasteiger partial charge in [-0.1, -0.05) is 0 Å². The molecule has 1 heterocycles. The summed E-state index contributed by atoms with van der Waals surface area (Å²) in [6.07, 6.45) is 9.24. The highest BCUT2D eigenvalue weighted by Crippen LogP contribution is 2.61. The Morgan fingerprint density at radius 1 is 0.889 bits per heavy atom. The summed E-state index contributed by atoms with van der Waals surface area (Å²) in [7, 11) is 0. The van der Waals surface area contributed by atoms with E-state index in [2.05, 4.69) is 24.5 Å². The molecule has 5 rings (SSSR count). The Balaban J connectivity index is 1.59. The average Bonchev–Trinajstić information content (AvgIpc) is 2.25. The molecule has 2 nitrogen and oxygen atoms in total. The van der Waals surface area contributed by atoms with Crippen molar-refractivity contribution < 1.29 is 0 Å². The van der Waals surface area contributed by atoms with E-state index in [9.17, 15) is 0 Å². The van der Waals surface area contributed by atoms with Gasteiger partial charge >= 0.3 is 0 Å². The maximum Gasteiger partial charge on any atom is 0.0254 e. The van der Waals surface area contributed by atoms with Gasteiger partial charge in [0.2, 0.25) is 0 Å². The van der Waals surface area contributed by atoms with Crippen LogP contribution in [0.1, 0.15) is 52.4 Å². The Morgan fingerprint density at radius 3 is 1.94 bits per heavy atom. The van der Waals surface area contributed by atoms with Crippen molar-refractivity contribution in [3.63, 3.8) is 0 Å². The minimum atomic E-state index is 0.284. The van der Waals surface area contributed by atoms with E-state index < -0.39 is 0 Å². The molecule has 0 aromatic heterocycles. The molecule has 1 aliphatic heterocycles. The van der Waals surface area contributed by atoms with E-state index in [0.717, 1.165) is 30.3 Å². The molecule has 2 heteroatoms. The molecule has 1 atom stereocenters. The molecule has 4 bridgehead atoms. The second kappa shape index (κ2) is 3.73. The fourth-order valence-corrected chi connectivity index (χ4v) is 6.08. The second-order valence-corrected chi connectivity index (χ2v) is 8.49. The second-order valence-electron chi connectivity index (χ2n) is 8.49. The van der Waals surface area contributed by atoms with Crippen LogP contribution in [0, 0.1) is 23.2 Å². The van der Waals surface area contributed by atoms with Crippen molar-refractivity contribution in [2.75, 3.05) is 13.1 Å². The standard InChI is InChI=1S/C16H28N2/c1-15(2)10-17-9-14(18-15)16-6-11-3-12(7-16)5-13(4-11)8-16/h11-14,17-18H,3-10H2,1-2H3. The quantitative estimate of drug-likeness (QED) is 0.745. The zero-order chi connectivity index (χ0) is 12.4. The van der Waals surface area contributed by atoms with Crippen molar-refractivity contribution in [1.82, 2.24) is 10.6 Å². The van der Waals surface area contributed by atoms with E-state index >= 15 is 0 Å². The predicted octanol–water partition coefficient (Wildman–Crippen LogP) is 2.54. The molecule has 4 saturated carbocycles. The largest absolute Gasteiger partial charge is 0.313 e. The molecule has 0 aromatic rings. The van der Waals surface area contributed by atoms with E-state index in [0.29, 0.717) is 5.41 Å². The molecule has 4 aliphatic carbocycles. The number of hydrogen-bond donors (Lipinski definition) is 2. The first-order valence-electron chi connectivity index (χ1n) is 8.03. The monoisotopic (exact) mass is 248 g/mol. The van der Waals surface area contributed by atoms with Crippen LogP contribution in [0.2, 0.25) is 0 Å². The van der Waals surface area contributed by atoms with Gasteiger partial charge in [-0.2, -0.15) is 0 Å². The Bertz CT molecular complexity index is 312. The third-order valence-electron chi connectivity index (χ3n) is 6.31. The summed E-state index contributed by atoms with van der Waals surface area (Å²) in [5.41, 5.74) is 0.936. The molecule has 1 unspecified atom stereocenters. The Morgan fingerprint density at radius 2 is 1.44 bits per heavy atom. The number of piperazine rings is 1. The molecule has 2 N–H and O–H groups in total. The van der Waals surface area contributed by atoms with E-state index in [1.54, 1.807) is 19.3 Å². The fourth-order valence-electron chi connectivity index (χ4n) is 6.08. The van der Waals surface area contributed by atoms with Crippen molar-refractivity contribution in [3.05, 3.63) is 0 Å². The lowest BCUT2D eigenvalue weighted by atomic mass is 9.47. The molecule has 0 amide bonds. The van der Waals surface area contributed by atoms with Crippen LogP contribution in [-0.2, 0) is 0 Å². The van der Waals surface area contributed by atoms with Crippen LogP contribution in [0.15, 0.2) is 0 Å². The summed E-state index contributed by atoms with van der Waals surface area (Å²) in [6, 6.07) is 0.731. The third-order valence-corrected chi connectivity index (χ3v) is 6.31. The highest BCUT2D eigenvalue weighted by Gasteiger charge is 2.55. The zero-order valence-corrected chi connectivity index (χ0v) is 12.0. The van der Waals surface area contributed by atoms with Crippen molar-refractivity contribution in [3.8, 4) is 0 Å². The van der Waals surface area contributed by atoms with E-state index in [-0.39, 0.29) is 5.54 Å². The van der Waals surface area contributed by atoms with E-state index in [4.69, 9.17) is 0 Å². The van der Waals surface area contributed by atoms with Gasteiger partial charge in [-0.25, -0.2) is 0 Å². The van der Waals surface area contributed by atoms with Gasteiger partial charge in [-0.3, -0.25) is 0 Å². The summed E-state index contributed by atoms with van der Waals surface area (Å²) >= 11 is 0. The molecule has 102 valence electrons. The third kappa shape index (κ3) is 1.76. The molecule has 5 fully saturated rings. The van der Waals surface area contributed by atoms with E-state index in [1.165, 1.54) is 25.8 Å². The lowest BCUT2D eigenvalue weighted by Crippen LogP contribution is -2.68. The Hall–Kier alpha value is -0.0800. The van der Waals surface area contributed by atoms with Crippen molar-refractivity contribution in [1.29, 1.82) is 0 Å². The Kier molecular flexibility index (Phi) is 2.43. The minimum absolute atomic E-state index is 0.284. The van der Waals surface area contributed by atoms with Crippen LogP contribution in [0.3, 0.4) is 0 Å². The smallest absolute Gasteiger partial charge is 0.0254 e. The van der Waals surface area contributed by atoms with Gasteiger partial charge in [-0.05, 0) is 75.5 Å². The lowest BCUT2D eigenvalue weighted by molar-refractivity contribution is -0.0817. The predicted molar refractivity (Wildman–Crippen MR) is 74.5 cm³/mol. The molecule has 0 radical (unpaired) electrons. The SMILES string of the molecule is CC1(C)CNCC(C23CC4CC(CC(C4)C2)C3)N1. The lowest BCUT2D eigenvalue weighted by Gasteiger charge is -2.61. The van der Waals surface area contributed by atoms with Crippen LogP contribution >= 0.6 is 0 Å². The van der Waals surface area contributed by atoms with E-state index in [1.807, 2.05) is 0 Å². The summed E-state index contributed by atoms with van der Waals surface area (Å²) in [5, 5.41) is 7.67. The summed E-state index contributed by atoms with van der Waals surface area (Å²) in [6.45, 7) is 7.03. The van der Waals surface area contributed by atoms with Gasteiger partial charge in [0.05, 0.1) is 0 Å². The maximum atomic E-state index is 3.99. The number of nitrogens with one attached hydrogen (secondary N) is 2. The summed E-state index contributed by atoms with van der Waals surface area (Å²) in [5.74, 6) is 3.22. The van der Waals surface area contributed by atoms with Crippen molar-refractivity contribution in [2.24, 2.45) is 23.2 Å². The highest BCUT2D eigenvalue weighted by molar-refractivity contribution is 5.09. The van der Waals surface area contributed by atoms with Gasteiger partial charge in [0.25, 0.3) is 0 Å². The van der Waals surface area contributed by atoms with Crippen LogP contribution in [0.25, 0.3) is 0 Å². The molecule has 18 heavy (non-hydrogen) atoms. The topological polar surface area (TPSA) is 24.1 Å². The van der Waals surface area contributed by atoms with Gasteiger partial charge in [0.1, 0.15) is 0 Å². The van der Waals surface area contributed by atoms with Gasteiger partial charge in [0, 0.05) is 24.7 Å². The van der Waals surface area contributed by atoms with Gasteiger partial charge in [-0.15, -0.1) is 0 Å². The Labute approximate surface area is 111 Å². The first-order chi connectivity index (χ1) is 8.55. The summed E-state index contributed by atoms with van der Waals surface area (Å²) < 4.78 is 0. The molecular weight excluding hydrogens is 220 g/mol. The molecule has 5 aliphatic rings. The number of rotatable bonds is 1. The molecule has 1 saturated heterocycles. The van der Waals surface area contributed by atoms with Crippen molar-refractivity contribution >= 4 is 0 Å². The van der Waals surface area contributed by atoms with Crippen LogP contribution in [0.5, 0.6) is 0 Å². The van der Waals surface area contributed by atoms with Gasteiger partial charge in [0.15, 0.2) is 0 Å². The minimum Gasteiger partial charge on any atom is -0.313 e. The first kappa shape index (κ1) is 11.7. The normalized spacial score (nSPS) is 53.7. The van der Waals surface area contributed by atoms with Crippen LogP contribution in [0.4, 0.5) is 0 Å². The van der Waals surface area contributed by atoms with Crippen LogP contribution in [-0.4, -0.2) is 24.7 Å². The number of hydrogen-bond acceptors (Lipinski definition) is 2. The molecular formula is C16H28N2.